The highest BCUT2D eigenvalue weighted by Crippen LogP contribution is 2.20. The van der Waals surface area contributed by atoms with E-state index in [1.807, 2.05) is 6.20 Å². The molecular formula is C16H19N5O2S. The number of pyridine rings is 1. The standard InChI is InChI=1S/C16H19N5O2S/c22-24(23,14-10-18-16-13(14)4-3-7-17-16)19-8-6-12-11-21-9-2-1-5-15(21)20-12/h3-4,7,10-11,19H,1-2,5-6,8-9H2,(H,17,18). The van der Waals surface area contributed by atoms with Gasteiger partial charge >= 0.3 is 0 Å². The first-order valence-electron chi connectivity index (χ1n) is 8.10. The smallest absolute Gasteiger partial charge is 0.242 e. The van der Waals surface area contributed by atoms with Gasteiger partial charge in [0.1, 0.15) is 16.4 Å². The van der Waals surface area contributed by atoms with E-state index in [-0.39, 0.29) is 4.90 Å². The molecule has 2 N–H and O–H groups in total. The third kappa shape index (κ3) is 2.83. The Labute approximate surface area is 140 Å². The SMILES string of the molecule is O=S(=O)(NCCc1cn2c(n1)CCCC2)c1c[nH]c2ncccc12. The zero-order valence-corrected chi connectivity index (χ0v) is 14.0. The quantitative estimate of drug-likeness (QED) is 0.735. The number of imidazole rings is 1. The maximum absolute atomic E-state index is 12.5. The monoisotopic (exact) mass is 345 g/mol. The van der Waals surface area contributed by atoms with Gasteiger partial charge in [0.05, 0.1) is 5.69 Å². The fourth-order valence-corrected chi connectivity index (χ4v) is 4.33. The lowest BCUT2D eigenvalue weighted by Gasteiger charge is -2.11. The Hall–Kier alpha value is -2.19. The molecule has 0 bridgehead atoms. The molecule has 4 rings (SSSR count). The largest absolute Gasteiger partial charge is 0.345 e. The first-order chi connectivity index (χ1) is 11.6. The van der Waals surface area contributed by atoms with E-state index >= 15 is 0 Å². The number of nitrogens with zero attached hydrogens (tertiary/aromatic N) is 3. The zero-order valence-electron chi connectivity index (χ0n) is 13.2. The van der Waals surface area contributed by atoms with Crippen molar-refractivity contribution in [3.8, 4) is 0 Å². The van der Waals surface area contributed by atoms with Gasteiger partial charge in [0, 0.05) is 49.9 Å². The minimum atomic E-state index is -3.57. The molecule has 4 heterocycles. The summed E-state index contributed by atoms with van der Waals surface area (Å²) in [5.41, 5.74) is 1.51. The predicted molar refractivity (Wildman–Crippen MR) is 90.2 cm³/mol. The van der Waals surface area contributed by atoms with Crippen molar-refractivity contribution in [2.24, 2.45) is 0 Å². The van der Waals surface area contributed by atoms with Crippen molar-refractivity contribution < 1.29 is 8.42 Å². The van der Waals surface area contributed by atoms with Gasteiger partial charge in [-0.05, 0) is 25.0 Å². The van der Waals surface area contributed by atoms with Crippen LogP contribution in [0.1, 0.15) is 24.4 Å². The molecule has 0 fully saturated rings. The maximum atomic E-state index is 12.5. The van der Waals surface area contributed by atoms with Crippen LogP contribution in [-0.2, 0) is 29.4 Å². The number of rotatable bonds is 5. The number of hydrogen-bond donors (Lipinski definition) is 2. The summed E-state index contributed by atoms with van der Waals surface area (Å²) in [5, 5.41) is 0.599. The molecule has 0 aromatic carbocycles. The van der Waals surface area contributed by atoms with Crippen molar-refractivity contribution >= 4 is 21.1 Å². The summed E-state index contributed by atoms with van der Waals surface area (Å²) in [4.78, 5) is 11.8. The van der Waals surface area contributed by atoms with Crippen molar-refractivity contribution in [1.82, 2.24) is 24.2 Å². The Bertz CT molecular complexity index is 950. The lowest BCUT2D eigenvalue weighted by molar-refractivity contribution is 0.522. The molecule has 0 saturated carbocycles. The Kier molecular flexibility index (Phi) is 3.85. The molecule has 3 aromatic heterocycles. The molecule has 7 nitrogen and oxygen atoms in total. The summed E-state index contributed by atoms with van der Waals surface area (Å²) < 4.78 is 29.9. The van der Waals surface area contributed by atoms with E-state index in [0.717, 1.165) is 24.5 Å². The van der Waals surface area contributed by atoms with E-state index in [1.54, 1.807) is 18.3 Å². The molecule has 3 aromatic rings. The summed E-state index contributed by atoms with van der Waals surface area (Å²) in [6, 6.07) is 3.47. The zero-order chi connectivity index (χ0) is 16.6. The number of aromatic nitrogens is 4. The van der Waals surface area contributed by atoms with Gasteiger partial charge in [-0.1, -0.05) is 0 Å². The van der Waals surface area contributed by atoms with E-state index in [1.165, 1.54) is 19.0 Å². The Morgan fingerprint density at radius 2 is 2.25 bits per heavy atom. The minimum Gasteiger partial charge on any atom is -0.345 e. The molecule has 1 aliphatic heterocycles. The highest BCUT2D eigenvalue weighted by atomic mass is 32.2. The second kappa shape index (κ2) is 6.03. The van der Waals surface area contributed by atoms with Gasteiger partial charge in [0.15, 0.2) is 0 Å². The number of sulfonamides is 1. The second-order valence-corrected chi connectivity index (χ2v) is 7.73. The molecule has 126 valence electrons. The van der Waals surface area contributed by atoms with Crippen LogP contribution >= 0.6 is 0 Å². The van der Waals surface area contributed by atoms with Crippen LogP contribution in [0.25, 0.3) is 11.0 Å². The van der Waals surface area contributed by atoms with Gasteiger partial charge in [-0.15, -0.1) is 0 Å². The number of fused-ring (bicyclic) bond motifs is 2. The molecule has 8 heteroatoms. The van der Waals surface area contributed by atoms with Gasteiger partial charge in [-0.3, -0.25) is 0 Å². The highest BCUT2D eigenvalue weighted by Gasteiger charge is 2.19. The predicted octanol–water partition coefficient (Wildman–Crippen LogP) is 1.62. The summed E-state index contributed by atoms with van der Waals surface area (Å²) in [6.07, 6.45) is 9.10. The van der Waals surface area contributed by atoms with Crippen molar-refractivity contribution in [2.75, 3.05) is 6.54 Å². The van der Waals surface area contributed by atoms with Crippen LogP contribution in [0.2, 0.25) is 0 Å². The Balaban J connectivity index is 1.46. The van der Waals surface area contributed by atoms with Gasteiger partial charge in [-0.25, -0.2) is 23.1 Å². The van der Waals surface area contributed by atoms with Crippen LogP contribution in [0.15, 0.2) is 35.6 Å². The van der Waals surface area contributed by atoms with E-state index in [2.05, 4.69) is 24.2 Å². The lowest BCUT2D eigenvalue weighted by Crippen LogP contribution is -2.25. The van der Waals surface area contributed by atoms with Crippen LogP contribution in [0.3, 0.4) is 0 Å². The normalized spacial score (nSPS) is 14.8. The molecule has 0 radical (unpaired) electrons. The third-order valence-corrected chi connectivity index (χ3v) is 5.84. The summed E-state index contributed by atoms with van der Waals surface area (Å²) >= 11 is 0. The lowest BCUT2D eigenvalue weighted by atomic mass is 10.2. The van der Waals surface area contributed by atoms with E-state index < -0.39 is 10.0 Å². The summed E-state index contributed by atoms with van der Waals surface area (Å²) in [5.74, 6) is 1.11. The average molecular weight is 345 g/mol. The molecule has 24 heavy (non-hydrogen) atoms. The Morgan fingerprint density at radius 1 is 1.33 bits per heavy atom. The van der Waals surface area contributed by atoms with Crippen LogP contribution < -0.4 is 4.72 Å². The fraction of sp³-hybridized carbons (Fsp3) is 0.375. The summed E-state index contributed by atoms with van der Waals surface area (Å²) in [7, 11) is -3.57. The van der Waals surface area contributed by atoms with E-state index in [9.17, 15) is 8.42 Å². The molecule has 0 saturated heterocycles. The van der Waals surface area contributed by atoms with Gasteiger partial charge in [0.25, 0.3) is 0 Å². The van der Waals surface area contributed by atoms with Crippen LogP contribution in [0, 0.1) is 0 Å². The number of H-pyrrole nitrogens is 1. The van der Waals surface area contributed by atoms with Gasteiger partial charge in [0.2, 0.25) is 10.0 Å². The molecule has 0 unspecified atom stereocenters. The first kappa shape index (κ1) is 15.3. The highest BCUT2D eigenvalue weighted by molar-refractivity contribution is 7.89. The molecule has 0 aliphatic carbocycles. The topological polar surface area (TPSA) is 92.7 Å². The Morgan fingerprint density at radius 3 is 3.12 bits per heavy atom. The van der Waals surface area contributed by atoms with E-state index in [0.29, 0.717) is 24.0 Å². The van der Waals surface area contributed by atoms with Crippen LogP contribution in [0.5, 0.6) is 0 Å². The van der Waals surface area contributed by atoms with Crippen molar-refractivity contribution in [2.45, 2.75) is 37.1 Å². The summed E-state index contributed by atoms with van der Waals surface area (Å²) in [6.45, 7) is 1.34. The van der Waals surface area contributed by atoms with Gasteiger partial charge in [-0.2, -0.15) is 0 Å². The van der Waals surface area contributed by atoms with Crippen molar-refractivity contribution in [3.63, 3.8) is 0 Å². The minimum absolute atomic E-state index is 0.231. The molecule has 0 atom stereocenters. The van der Waals surface area contributed by atoms with Crippen LogP contribution in [0.4, 0.5) is 0 Å². The van der Waals surface area contributed by atoms with Gasteiger partial charge < -0.3 is 9.55 Å². The number of aromatic amines is 1. The maximum Gasteiger partial charge on any atom is 0.242 e. The third-order valence-electron chi connectivity index (χ3n) is 4.33. The average Bonchev–Trinajstić information content (AvgIpc) is 3.18. The second-order valence-electron chi connectivity index (χ2n) is 6.00. The fourth-order valence-electron chi connectivity index (χ4n) is 3.14. The van der Waals surface area contributed by atoms with E-state index in [4.69, 9.17) is 0 Å². The van der Waals surface area contributed by atoms with Crippen molar-refractivity contribution in [3.05, 3.63) is 42.2 Å². The first-order valence-corrected chi connectivity index (χ1v) is 9.58. The number of aryl methyl sites for hydroxylation is 2. The van der Waals surface area contributed by atoms with Crippen molar-refractivity contribution in [1.29, 1.82) is 0 Å². The molecule has 0 amide bonds. The van der Waals surface area contributed by atoms with Crippen LogP contribution in [-0.4, -0.2) is 34.5 Å². The number of hydrogen-bond acceptors (Lipinski definition) is 4. The molecule has 1 aliphatic rings. The molecular weight excluding hydrogens is 326 g/mol. The number of nitrogens with one attached hydrogen (secondary N) is 2. The molecule has 0 spiro atoms.